The van der Waals surface area contributed by atoms with Crippen molar-refractivity contribution in [3.63, 3.8) is 0 Å². The second-order valence-electron chi connectivity index (χ2n) is 3.47. The Kier molecular flexibility index (Phi) is 2.96. The molecular formula is C11H13NO4. The van der Waals surface area contributed by atoms with Crippen LogP contribution in [0, 0.1) is 0 Å². The number of ether oxygens (including phenoxy) is 2. The Morgan fingerprint density at radius 2 is 2.12 bits per heavy atom. The minimum atomic E-state index is -0.326. The molecule has 0 saturated heterocycles. The number of nitrogens with two attached hydrogens (primary N) is 1. The summed E-state index contributed by atoms with van der Waals surface area (Å²) in [5, 5.41) is 9.88. The molecule has 5 heteroatoms. The lowest BCUT2D eigenvalue weighted by Crippen LogP contribution is -2.14. The lowest BCUT2D eigenvalue weighted by Gasteiger charge is -2.11. The van der Waals surface area contributed by atoms with Gasteiger partial charge >= 0.3 is 0 Å². The normalized spacial score (nSPS) is 14.3. The standard InChI is InChI=1S/C11H13NO4/c12-6-8(13)7-2-3-9-11(10(7)14)16-5-1-4-15-9/h2-3,14H,1,4-6,12H2. The van der Waals surface area contributed by atoms with Gasteiger partial charge in [0.1, 0.15) is 0 Å². The molecule has 0 unspecified atom stereocenters. The van der Waals surface area contributed by atoms with Crippen LogP contribution in [-0.2, 0) is 0 Å². The second kappa shape index (κ2) is 4.40. The van der Waals surface area contributed by atoms with Crippen molar-refractivity contribution in [1.29, 1.82) is 0 Å². The van der Waals surface area contributed by atoms with Crippen molar-refractivity contribution in [2.45, 2.75) is 6.42 Å². The fourth-order valence-electron chi connectivity index (χ4n) is 1.56. The van der Waals surface area contributed by atoms with Crippen molar-refractivity contribution >= 4 is 5.78 Å². The Bertz CT molecular complexity index is 417. The number of rotatable bonds is 2. The molecule has 5 nitrogen and oxygen atoms in total. The van der Waals surface area contributed by atoms with E-state index in [1.54, 1.807) is 6.07 Å². The van der Waals surface area contributed by atoms with Gasteiger partial charge in [-0.1, -0.05) is 0 Å². The summed E-state index contributed by atoms with van der Waals surface area (Å²) < 4.78 is 10.7. The van der Waals surface area contributed by atoms with Crippen molar-refractivity contribution < 1.29 is 19.4 Å². The second-order valence-corrected chi connectivity index (χ2v) is 3.47. The average Bonchev–Trinajstić information content (AvgIpc) is 2.54. The van der Waals surface area contributed by atoms with Crippen LogP contribution in [0.5, 0.6) is 17.2 Å². The molecular weight excluding hydrogens is 210 g/mol. The third-order valence-corrected chi connectivity index (χ3v) is 2.37. The molecule has 1 aromatic rings. The molecule has 1 aromatic carbocycles. The zero-order valence-corrected chi connectivity index (χ0v) is 8.73. The van der Waals surface area contributed by atoms with Crippen LogP contribution in [-0.4, -0.2) is 30.6 Å². The van der Waals surface area contributed by atoms with E-state index in [9.17, 15) is 9.90 Å². The maximum absolute atomic E-state index is 11.4. The molecule has 0 bridgehead atoms. The van der Waals surface area contributed by atoms with E-state index in [0.717, 1.165) is 6.42 Å². The number of hydrogen-bond donors (Lipinski definition) is 2. The van der Waals surface area contributed by atoms with Gasteiger partial charge in [-0.15, -0.1) is 0 Å². The Hall–Kier alpha value is -1.75. The van der Waals surface area contributed by atoms with Gasteiger partial charge in [-0.2, -0.15) is 0 Å². The van der Waals surface area contributed by atoms with Gasteiger partial charge in [0, 0.05) is 6.42 Å². The topological polar surface area (TPSA) is 81.8 Å². The summed E-state index contributed by atoms with van der Waals surface area (Å²) in [7, 11) is 0. The highest BCUT2D eigenvalue weighted by atomic mass is 16.5. The number of benzene rings is 1. The number of phenols is 1. The fraction of sp³-hybridized carbons (Fsp3) is 0.364. The van der Waals surface area contributed by atoms with Crippen LogP contribution in [0.4, 0.5) is 0 Å². The quantitative estimate of drug-likeness (QED) is 0.721. The van der Waals surface area contributed by atoms with Crippen LogP contribution in [0.15, 0.2) is 12.1 Å². The van der Waals surface area contributed by atoms with Crippen molar-refractivity contribution in [3.05, 3.63) is 17.7 Å². The summed E-state index contributed by atoms with van der Waals surface area (Å²) in [6.07, 6.45) is 0.744. The smallest absolute Gasteiger partial charge is 0.204 e. The molecule has 2 rings (SSSR count). The Morgan fingerprint density at radius 3 is 2.88 bits per heavy atom. The maximum atomic E-state index is 11.4. The third kappa shape index (κ3) is 1.81. The van der Waals surface area contributed by atoms with Crippen LogP contribution in [0.25, 0.3) is 0 Å². The van der Waals surface area contributed by atoms with Gasteiger partial charge in [-0.3, -0.25) is 4.79 Å². The monoisotopic (exact) mass is 223 g/mol. The van der Waals surface area contributed by atoms with Gasteiger partial charge in [0.05, 0.1) is 25.3 Å². The molecule has 0 saturated carbocycles. The van der Waals surface area contributed by atoms with Gasteiger partial charge in [-0.05, 0) is 12.1 Å². The van der Waals surface area contributed by atoms with E-state index in [2.05, 4.69) is 0 Å². The van der Waals surface area contributed by atoms with Gasteiger partial charge in [0.2, 0.25) is 5.75 Å². The number of carbonyl (C=O) groups excluding carboxylic acids is 1. The number of carbonyl (C=O) groups is 1. The largest absolute Gasteiger partial charge is 0.504 e. The summed E-state index contributed by atoms with van der Waals surface area (Å²) in [6.45, 7) is 0.852. The molecule has 16 heavy (non-hydrogen) atoms. The highest BCUT2D eigenvalue weighted by Crippen LogP contribution is 2.40. The summed E-state index contributed by atoms with van der Waals surface area (Å²) in [6, 6.07) is 3.11. The van der Waals surface area contributed by atoms with Crippen LogP contribution in [0.2, 0.25) is 0 Å². The molecule has 0 aliphatic carbocycles. The molecule has 1 aliphatic heterocycles. The molecule has 0 amide bonds. The highest BCUT2D eigenvalue weighted by Gasteiger charge is 2.20. The first-order chi connectivity index (χ1) is 7.74. The van der Waals surface area contributed by atoms with Crippen molar-refractivity contribution in [1.82, 2.24) is 0 Å². The molecule has 1 heterocycles. The fourth-order valence-corrected chi connectivity index (χ4v) is 1.56. The molecule has 0 radical (unpaired) electrons. The van der Waals surface area contributed by atoms with E-state index < -0.39 is 0 Å². The van der Waals surface area contributed by atoms with Gasteiger partial charge in [-0.25, -0.2) is 0 Å². The number of Topliss-reactive ketones (excluding diaryl/α,β-unsaturated/α-hetero) is 1. The number of phenolic OH excluding ortho intramolecular Hbond substituents is 1. The van der Waals surface area contributed by atoms with Gasteiger partial charge in [0.25, 0.3) is 0 Å². The Balaban J connectivity index is 2.45. The number of fused-ring (bicyclic) bond motifs is 1. The van der Waals surface area contributed by atoms with E-state index in [-0.39, 0.29) is 29.4 Å². The number of aromatic hydroxyl groups is 1. The van der Waals surface area contributed by atoms with Crippen LogP contribution in [0.3, 0.4) is 0 Å². The summed E-state index contributed by atoms with van der Waals surface area (Å²) in [4.78, 5) is 11.4. The summed E-state index contributed by atoms with van der Waals surface area (Å²) in [5.74, 6) is 0.184. The first-order valence-corrected chi connectivity index (χ1v) is 5.09. The molecule has 0 aromatic heterocycles. The van der Waals surface area contributed by atoms with E-state index in [1.165, 1.54) is 6.07 Å². The van der Waals surface area contributed by atoms with Crippen molar-refractivity contribution in [2.75, 3.05) is 19.8 Å². The predicted octanol–water partition coefficient (Wildman–Crippen LogP) is 0.695. The van der Waals surface area contributed by atoms with E-state index in [4.69, 9.17) is 15.2 Å². The molecule has 3 N–H and O–H groups in total. The molecule has 0 spiro atoms. The summed E-state index contributed by atoms with van der Waals surface area (Å²) in [5.41, 5.74) is 5.42. The van der Waals surface area contributed by atoms with Crippen LogP contribution in [0.1, 0.15) is 16.8 Å². The lowest BCUT2D eigenvalue weighted by atomic mass is 10.1. The Morgan fingerprint density at radius 1 is 1.38 bits per heavy atom. The van der Waals surface area contributed by atoms with Crippen LogP contribution < -0.4 is 15.2 Å². The first kappa shape index (κ1) is 10.8. The average molecular weight is 223 g/mol. The van der Waals surface area contributed by atoms with Crippen molar-refractivity contribution in [3.8, 4) is 17.2 Å². The summed E-state index contributed by atoms with van der Waals surface area (Å²) >= 11 is 0. The third-order valence-electron chi connectivity index (χ3n) is 2.37. The maximum Gasteiger partial charge on any atom is 0.204 e. The van der Waals surface area contributed by atoms with E-state index in [1.807, 2.05) is 0 Å². The zero-order chi connectivity index (χ0) is 11.5. The first-order valence-electron chi connectivity index (χ1n) is 5.09. The number of ketones is 1. The predicted molar refractivity (Wildman–Crippen MR) is 57.1 cm³/mol. The zero-order valence-electron chi connectivity index (χ0n) is 8.73. The molecule has 0 atom stereocenters. The van der Waals surface area contributed by atoms with Crippen molar-refractivity contribution in [2.24, 2.45) is 5.73 Å². The minimum Gasteiger partial charge on any atom is -0.504 e. The minimum absolute atomic E-state index is 0.146. The molecule has 0 fully saturated rings. The van der Waals surface area contributed by atoms with Gasteiger partial charge < -0.3 is 20.3 Å². The SMILES string of the molecule is NCC(=O)c1ccc2c(c1O)OCCCO2. The Labute approximate surface area is 92.8 Å². The molecule has 1 aliphatic rings. The highest BCUT2D eigenvalue weighted by molar-refractivity contribution is 6.01. The number of hydrogen-bond acceptors (Lipinski definition) is 5. The van der Waals surface area contributed by atoms with E-state index in [0.29, 0.717) is 19.0 Å². The van der Waals surface area contributed by atoms with Gasteiger partial charge in [0.15, 0.2) is 17.3 Å². The van der Waals surface area contributed by atoms with E-state index >= 15 is 0 Å². The van der Waals surface area contributed by atoms with Crippen LogP contribution >= 0.6 is 0 Å². The lowest BCUT2D eigenvalue weighted by molar-refractivity contribution is 0.0998. The molecule has 86 valence electrons.